The Hall–Kier alpha value is -5.63. The van der Waals surface area contributed by atoms with Gasteiger partial charge in [0.25, 0.3) is 12.3 Å². The fourth-order valence-electron chi connectivity index (χ4n) is 6.94. The average molecular weight is 905 g/mol. The summed E-state index contributed by atoms with van der Waals surface area (Å²) in [5, 5.41) is 5.75. The predicted molar refractivity (Wildman–Crippen MR) is 209 cm³/mol. The minimum Gasteiger partial charge on any atom is -0.447 e. The van der Waals surface area contributed by atoms with Crippen LogP contribution in [0.4, 0.5) is 26.7 Å². The molecule has 21 heteroatoms. The molecule has 6 aromatic rings. The van der Waals surface area contributed by atoms with Gasteiger partial charge in [-0.15, -0.1) is 0 Å². The maximum atomic E-state index is 14.8. The van der Waals surface area contributed by atoms with E-state index >= 15 is 0 Å². The van der Waals surface area contributed by atoms with Gasteiger partial charge in [0, 0.05) is 16.9 Å². The van der Waals surface area contributed by atoms with Gasteiger partial charge < -0.3 is 24.6 Å². The molecule has 0 bridgehead atoms. The van der Waals surface area contributed by atoms with Crippen LogP contribution in [0.5, 0.6) is 0 Å². The van der Waals surface area contributed by atoms with Crippen molar-refractivity contribution in [3.63, 3.8) is 0 Å². The second kappa shape index (κ2) is 15.5. The Balaban J connectivity index is 0.000000457. The van der Waals surface area contributed by atoms with Crippen molar-refractivity contribution in [3.8, 4) is 5.69 Å². The maximum absolute atomic E-state index is 14.8. The maximum Gasteiger partial charge on any atom is 0.411 e. The number of nitrogens with two attached hydrogens (primary N) is 1. The van der Waals surface area contributed by atoms with E-state index in [2.05, 4.69) is 36.0 Å². The molecule has 0 spiro atoms. The van der Waals surface area contributed by atoms with Crippen molar-refractivity contribution in [2.75, 3.05) is 6.61 Å². The third kappa shape index (κ3) is 8.32. The molecule has 3 N–H and O–H groups in total. The lowest BCUT2D eigenvalue weighted by Gasteiger charge is -2.35. The molecule has 310 valence electrons. The van der Waals surface area contributed by atoms with Crippen molar-refractivity contribution < 1.29 is 36.3 Å². The van der Waals surface area contributed by atoms with Gasteiger partial charge in [0.15, 0.2) is 17.3 Å². The van der Waals surface area contributed by atoms with E-state index in [-0.39, 0.29) is 41.5 Å². The first-order valence-electron chi connectivity index (χ1n) is 18.0. The average Bonchev–Trinajstić information content (AvgIpc) is 3.55. The smallest absolute Gasteiger partial charge is 0.411 e. The summed E-state index contributed by atoms with van der Waals surface area (Å²) in [4.78, 5) is 45.1. The highest BCUT2D eigenvalue weighted by atomic mass is 79.9. The highest BCUT2D eigenvalue weighted by Crippen LogP contribution is 2.49. The minimum atomic E-state index is -4.71. The van der Waals surface area contributed by atoms with Crippen molar-refractivity contribution in [2.24, 2.45) is 16.1 Å². The topological polar surface area (TPSA) is 162 Å². The molecular weight excluding hydrogens is 869 g/mol. The first-order valence-corrected chi connectivity index (χ1v) is 19.2. The van der Waals surface area contributed by atoms with Crippen molar-refractivity contribution in [2.45, 2.75) is 69.8 Å². The summed E-state index contributed by atoms with van der Waals surface area (Å²) in [6.45, 7) is 5.04. The molecule has 1 saturated carbocycles. The summed E-state index contributed by atoms with van der Waals surface area (Å²) < 4.78 is 79.3. The molecule has 1 aromatic carbocycles. The number of aromatic nitrogens is 7. The Morgan fingerprint density at radius 3 is 2.31 bits per heavy atom. The summed E-state index contributed by atoms with van der Waals surface area (Å²) in [5.41, 5.74) is 4.42. The van der Waals surface area contributed by atoms with Crippen LogP contribution in [0.3, 0.4) is 0 Å². The van der Waals surface area contributed by atoms with Crippen molar-refractivity contribution in [3.05, 3.63) is 113 Å². The summed E-state index contributed by atoms with van der Waals surface area (Å²) in [5.74, 6) is -1.60. The van der Waals surface area contributed by atoms with Crippen LogP contribution in [0, 0.1) is 5.41 Å². The molecule has 2 amide bonds. The SMILES string of the molecule is Brc1ccn2cncc2c1.CC(C)(C)C[C@]1(c2ccn3cncc3c2)N=C(N)N([C@H](COC(=O)NC2(C(F)(F)F)CC2)c2ccc(Cl)c(-n3ncnc3C(F)F)c2)C1=O. The first kappa shape index (κ1) is 41.5. The third-order valence-corrected chi connectivity index (χ3v) is 10.7. The molecule has 8 rings (SSSR count). The van der Waals surface area contributed by atoms with Crippen LogP contribution in [-0.4, -0.2) is 74.7 Å². The second-order valence-electron chi connectivity index (χ2n) is 15.3. The summed E-state index contributed by atoms with van der Waals surface area (Å²) >= 11 is 9.78. The number of nitrogens with one attached hydrogen (secondary N) is 1. The van der Waals surface area contributed by atoms with Crippen molar-refractivity contribution in [1.82, 2.24) is 43.8 Å². The largest absolute Gasteiger partial charge is 0.447 e. The molecule has 59 heavy (non-hydrogen) atoms. The zero-order valence-corrected chi connectivity index (χ0v) is 33.9. The van der Waals surface area contributed by atoms with Gasteiger partial charge >= 0.3 is 12.3 Å². The van der Waals surface area contributed by atoms with Gasteiger partial charge in [-0.05, 0) is 72.2 Å². The van der Waals surface area contributed by atoms with Gasteiger partial charge in [0.05, 0.1) is 52.8 Å². The Morgan fingerprint density at radius 1 is 1.02 bits per heavy atom. The van der Waals surface area contributed by atoms with Crippen LogP contribution in [0.15, 0.2) is 95.7 Å². The molecular formula is C38H36BrClF5N11O3. The number of aliphatic imine (C=N–C) groups is 1. The fourth-order valence-corrected chi connectivity index (χ4v) is 7.49. The highest BCUT2D eigenvalue weighted by Gasteiger charge is 2.64. The van der Waals surface area contributed by atoms with E-state index in [1.807, 2.05) is 55.0 Å². The Labute approximate surface area is 346 Å². The van der Waals surface area contributed by atoms with Gasteiger partial charge in [-0.25, -0.2) is 38.2 Å². The van der Waals surface area contributed by atoms with Gasteiger partial charge in [-0.1, -0.05) is 54.4 Å². The van der Waals surface area contributed by atoms with Gasteiger partial charge in [0.1, 0.15) is 18.5 Å². The number of ether oxygens (including phenoxy) is 1. The van der Waals surface area contributed by atoms with E-state index in [0.717, 1.165) is 25.9 Å². The normalized spacial score (nSPS) is 18.2. The van der Waals surface area contributed by atoms with E-state index in [0.29, 0.717) is 11.1 Å². The van der Waals surface area contributed by atoms with Crippen LogP contribution in [0.2, 0.25) is 5.02 Å². The van der Waals surface area contributed by atoms with Crippen molar-refractivity contribution >= 4 is 56.5 Å². The molecule has 5 aromatic heterocycles. The molecule has 1 aliphatic heterocycles. The lowest BCUT2D eigenvalue weighted by molar-refractivity contribution is -0.164. The molecule has 1 aliphatic carbocycles. The standard InChI is InChI=1S/C31H31ClF5N9O3.C7H5BrN2/c1-28(2,3)14-30(18-6-9-44-16-39-12-19(44)11-18)25(47)45(26(38)42-30)22(13-49-27(48)43-29(7-8-29)31(35,36)37)17-4-5-20(32)21(10-17)46-24(23(33)34)40-15-41-46;8-6-1-2-10-5-9-4-7(10)3-6/h4-6,9-12,15-16,22-23H,7-8,13-14H2,1-3H3,(H2,38,42)(H,43,48);1-5H/t22-,30-;/m1./s1. The number of guanidine groups is 1. The quantitative estimate of drug-likeness (QED) is 0.138. The van der Waals surface area contributed by atoms with Gasteiger partial charge in [0.2, 0.25) is 0 Å². The first-order chi connectivity index (χ1) is 27.8. The molecule has 0 unspecified atom stereocenters. The zero-order chi connectivity index (χ0) is 42.5. The van der Waals surface area contributed by atoms with E-state index in [4.69, 9.17) is 27.1 Å². The van der Waals surface area contributed by atoms with Crippen LogP contribution in [0.25, 0.3) is 16.7 Å². The van der Waals surface area contributed by atoms with Gasteiger partial charge in [-0.2, -0.15) is 18.3 Å². The zero-order valence-electron chi connectivity index (χ0n) is 31.5. The lowest BCUT2D eigenvalue weighted by Crippen LogP contribution is -2.50. The van der Waals surface area contributed by atoms with Crippen LogP contribution >= 0.6 is 27.5 Å². The molecule has 2 aliphatic rings. The van der Waals surface area contributed by atoms with E-state index in [9.17, 15) is 31.5 Å². The predicted octanol–water partition coefficient (Wildman–Crippen LogP) is 7.95. The number of carbonyl (C=O) groups excluding carboxylic acids is 2. The fraction of sp³-hybridized carbons (Fsp3) is 0.342. The molecule has 6 heterocycles. The third-order valence-electron chi connectivity index (χ3n) is 9.85. The number of rotatable bonds is 9. The number of hydrogen-bond acceptors (Lipinski definition) is 9. The summed E-state index contributed by atoms with van der Waals surface area (Å²) in [6.07, 6.45) is 1.82. The van der Waals surface area contributed by atoms with E-state index < -0.39 is 59.6 Å². The molecule has 0 radical (unpaired) electrons. The summed E-state index contributed by atoms with van der Waals surface area (Å²) in [6, 6.07) is 10.3. The lowest BCUT2D eigenvalue weighted by atomic mass is 9.75. The van der Waals surface area contributed by atoms with Crippen LogP contribution < -0.4 is 11.1 Å². The molecule has 14 nitrogen and oxygen atoms in total. The number of benzene rings is 1. The Bertz CT molecular complexity index is 2560. The van der Waals surface area contributed by atoms with Crippen LogP contribution in [0.1, 0.15) is 69.5 Å². The number of hydrogen-bond donors (Lipinski definition) is 2. The number of alkyl halides is 5. The van der Waals surface area contributed by atoms with Gasteiger partial charge in [-0.3, -0.25) is 9.69 Å². The van der Waals surface area contributed by atoms with Crippen molar-refractivity contribution in [1.29, 1.82) is 0 Å². The number of alkyl carbamates (subject to hydrolysis) is 1. The molecule has 1 fully saturated rings. The number of halogens is 7. The number of fused-ring (bicyclic) bond motifs is 2. The highest BCUT2D eigenvalue weighted by molar-refractivity contribution is 9.10. The monoisotopic (exact) mass is 903 g/mol. The Kier molecular flexibility index (Phi) is 10.9. The van der Waals surface area contributed by atoms with E-state index in [1.54, 1.807) is 41.6 Å². The van der Waals surface area contributed by atoms with Crippen LogP contribution in [-0.2, 0) is 15.1 Å². The number of pyridine rings is 2. The number of carbonyl (C=O) groups is 2. The van der Waals surface area contributed by atoms with E-state index in [1.165, 1.54) is 18.2 Å². The molecule has 2 atom stereocenters. The Morgan fingerprint density at radius 2 is 1.68 bits per heavy atom. The minimum absolute atomic E-state index is 0.0139. The summed E-state index contributed by atoms with van der Waals surface area (Å²) in [7, 11) is 0. The number of amides is 2. The number of imidazole rings is 2. The number of nitrogens with zero attached hydrogens (tertiary/aromatic N) is 9. The second-order valence-corrected chi connectivity index (χ2v) is 16.6. The molecule has 0 saturated heterocycles.